The molecule has 10 heteroatoms. The van der Waals surface area contributed by atoms with Crippen molar-refractivity contribution in [3.63, 3.8) is 0 Å². The van der Waals surface area contributed by atoms with E-state index in [9.17, 15) is 14.0 Å². The number of rotatable bonds is 10. The summed E-state index contributed by atoms with van der Waals surface area (Å²) in [5.74, 6) is -0.621. The molecule has 2 aromatic carbocycles. The molecule has 1 aromatic heterocycles. The van der Waals surface area contributed by atoms with E-state index < -0.39 is 18.0 Å². The number of benzene rings is 2. The summed E-state index contributed by atoms with van der Waals surface area (Å²) in [6.45, 7) is 4.25. The van der Waals surface area contributed by atoms with Gasteiger partial charge in [-0.1, -0.05) is 29.5 Å². The second-order valence-corrected chi connectivity index (χ2v) is 8.11. The zero-order chi connectivity index (χ0) is 23.9. The first-order chi connectivity index (χ1) is 16.5. The molecule has 1 atom stereocenters. The summed E-state index contributed by atoms with van der Waals surface area (Å²) in [4.78, 5) is 24.6. The second-order valence-electron chi connectivity index (χ2n) is 8.11. The van der Waals surface area contributed by atoms with E-state index in [2.05, 4.69) is 20.9 Å². The minimum atomic E-state index is -0.555. The van der Waals surface area contributed by atoms with Crippen molar-refractivity contribution in [2.24, 2.45) is 0 Å². The molecule has 34 heavy (non-hydrogen) atoms. The molecule has 2 N–H and O–H groups in total. The van der Waals surface area contributed by atoms with E-state index in [4.69, 9.17) is 4.74 Å². The first-order valence-electron chi connectivity index (χ1n) is 11.2. The van der Waals surface area contributed by atoms with E-state index in [0.717, 1.165) is 37.2 Å². The highest BCUT2D eigenvalue weighted by Crippen LogP contribution is 2.29. The van der Waals surface area contributed by atoms with Gasteiger partial charge >= 0.3 is 6.09 Å². The minimum Gasteiger partial charge on any atom is -0.442 e. The van der Waals surface area contributed by atoms with E-state index in [0.29, 0.717) is 11.3 Å². The average Bonchev–Trinajstić information content (AvgIpc) is 3.47. The van der Waals surface area contributed by atoms with E-state index in [1.54, 1.807) is 23.0 Å². The first-order valence-corrected chi connectivity index (χ1v) is 11.2. The van der Waals surface area contributed by atoms with Gasteiger partial charge in [-0.3, -0.25) is 14.4 Å². The van der Waals surface area contributed by atoms with Gasteiger partial charge in [-0.2, -0.15) is 0 Å². The number of cyclic esters (lactones) is 1. The lowest BCUT2D eigenvalue weighted by Crippen LogP contribution is -2.33. The number of nitrogens with one attached hydrogen (secondary N) is 2. The fraction of sp³-hybridized carbons (Fsp3) is 0.333. The molecule has 0 radical (unpaired) electrons. The average molecular weight is 467 g/mol. The van der Waals surface area contributed by atoms with Gasteiger partial charge in [0.25, 0.3) is 0 Å². The SMILES string of the molecule is CC(=O)NCC1CN(c2ccc(-c3ccc(CNCCCn4ccnn4)cc3)c(F)c2)C(=O)O1. The minimum absolute atomic E-state index is 0.199. The number of nitrogens with zero attached hydrogens (tertiary/aromatic N) is 4. The Bertz CT molecular complexity index is 1120. The van der Waals surface area contributed by atoms with E-state index in [-0.39, 0.29) is 19.0 Å². The van der Waals surface area contributed by atoms with Crippen LogP contribution in [0, 0.1) is 5.82 Å². The van der Waals surface area contributed by atoms with Crippen molar-refractivity contribution in [3.8, 4) is 11.1 Å². The summed E-state index contributed by atoms with van der Waals surface area (Å²) >= 11 is 0. The van der Waals surface area contributed by atoms with Crippen LogP contribution in [0.2, 0.25) is 0 Å². The van der Waals surface area contributed by atoms with Gasteiger partial charge < -0.3 is 15.4 Å². The molecule has 1 aliphatic rings. The smallest absolute Gasteiger partial charge is 0.414 e. The monoisotopic (exact) mass is 466 g/mol. The quantitative estimate of drug-likeness (QED) is 0.446. The second kappa shape index (κ2) is 10.9. The van der Waals surface area contributed by atoms with Crippen molar-refractivity contribution < 1.29 is 18.7 Å². The van der Waals surface area contributed by atoms with E-state index in [1.165, 1.54) is 17.9 Å². The number of anilines is 1. The van der Waals surface area contributed by atoms with Crippen molar-refractivity contribution in [1.82, 2.24) is 25.6 Å². The topological polar surface area (TPSA) is 101 Å². The number of hydrogen-bond donors (Lipinski definition) is 2. The van der Waals surface area contributed by atoms with Crippen LogP contribution in [0.5, 0.6) is 0 Å². The van der Waals surface area contributed by atoms with Gasteiger partial charge in [-0.05, 0) is 42.3 Å². The van der Waals surface area contributed by atoms with Crippen LogP contribution in [-0.2, 0) is 22.6 Å². The van der Waals surface area contributed by atoms with Crippen LogP contribution in [0.25, 0.3) is 11.1 Å². The lowest BCUT2D eigenvalue weighted by molar-refractivity contribution is -0.119. The Kier molecular flexibility index (Phi) is 7.48. The maximum absolute atomic E-state index is 14.9. The van der Waals surface area contributed by atoms with Crippen molar-refractivity contribution in [2.75, 3.05) is 24.5 Å². The fourth-order valence-electron chi connectivity index (χ4n) is 3.76. The fourth-order valence-corrected chi connectivity index (χ4v) is 3.76. The van der Waals surface area contributed by atoms with E-state index >= 15 is 0 Å². The molecule has 0 spiro atoms. The predicted octanol–water partition coefficient (Wildman–Crippen LogP) is 2.73. The third-order valence-electron chi connectivity index (χ3n) is 5.52. The Labute approximate surface area is 196 Å². The van der Waals surface area contributed by atoms with Gasteiger partial charge in [-0.15, -0.1) is 5.10 Å². The zero-order valence-electron chi connectivity index (χ0n) is 18.9. The third kappa shape index (κ3) is 5.96. The standard InChI is InChI=1S/C24H27FN6O3/c1-17(32)27-15-21-16-31(24(33)34-21)20-7-8-22(23(25)13-20)19-5-3-18(4-6-19)14-26-9-2-11-30-12-10-28-29-30/h3-8,10,12-13,21,26H,2,9,11,14-16H2,1H3,(H,27,32). The van der Waals surface area contributed by atoms with E-state index in [1.807, 2.05) is 30.5 Å². The largest absolute Gasteiger partial charge is 0.442 e. The lowest BCUT2D eigenvalue weighted by Gasteiger charge is -2.15. The molecule has 1 fully saturated rings. The summed E-state index contributed by atoms with van der Waals surface area (Å²) in [5, 5.41) is 13.7. The number of aromatic nitrogens is 3. The number of halogens is 1. The van der Waals surface area contributed by atoms with Gasteiger partial charge in [0.2, 0.25) is 5.91 Å². The first kappa shape index (κ1) is 23.4. The molecular weight excluding hydrogens is 439 g/mol. The molecule has 2 amide bonds. The molecule has 3 aromatic rings. The molecule has 1 aliphatic heterocycles. The maximum Gasteiger partial charge on any atom is 0.414 e. The molecule has 4 rings (SSSR count). The number of carbonyl (C=O) groups excluding carboxylic acids is 2. The Morgan fingerprint density at radius 1 is 1.24 bits per heavy atom. The summed E-state index contributed by atoms with van der Waals surface area (Å²) < 4.78 is 22.0. The Morgan fingerprint density at radius 2 is 2.06 bits per heavy atom. The molecule has 9 nitrogen and oxygen atoms in total. The Hall–Kier alpha value is -3.79. The lowest BCUT2D eigenvalue weighted by atomic mass is 10.0. The molecule has 0 saturated carbocycles. The summed E-state index contributed by atoms with van der Waals surface area (Å²) in [7, 11) is 0. The summed E-state index contributed by atoms with van der Waals surface area (Å²) in [6.07, 6.45) is 3.42. The highest BCUT2D eigenvalue weighted by atomic mass is 19.1. The zero-order valence-corrected chi connectivity index (χ0v) is 18.9. The number of hydrogen-bond acceptors (Lipinski definition) is 6. The van der Waals surface area contributed by atoms with Gasteiger partial charge in [0, 0.05) is 31.8 Å². The van der Waals surface area contributed by atoms with Gasteiger partial charge in [-0.25, -0.2) is 9.18 Å². The van der Waals surface area contributed by atoms with Crippen LogP contribution in [0.15, 0.2) is 54.9 Å². The molecular formula is C24H27FN6O3. The van der Waals surface area contributed by atoms with Crippen LogP contribution < -0.4 is 15.5 Å². The van der Waals surface area contributed by atoms with Gasteiger partial charge in [0.05, 0.1) is 25.0 Å². The Morgan fingerprint density at radius 3 is 2.76 bits per heavy atom. The van der Waals surface area contributed by atoms with Crippen LogP contribution in [-0.4, -0.2) is 52.7 Å². The number of carbonyl (C=O) groups is 2. The van der Waals surface area contributed by atoms with Crippen molar-refractivity contribution in [1.29, 1.82) is 0 Å². The molecule has 1 saturated heterocycles. The van der Waals surface area contributed by atoms with Crippen molar-refractivity contribution >= 4 is 17.7 Å². The normalized spacial score (nSPS) is 15.4. The number of aryl methyl sites for hydroxylation is 1. The molecule has 0 aliphatic carbocycles. The summed E-state index contributed by atoms with van der Waals surface area (Å²) in [5.41, 5.74) is 2.74. The summed E-state index contributed by atoms with van der Waals surface area (Å²) in [6, 6.07) is 12.4. The molecule has 1 unspecified atom stereocenters. The van der Waals surface area contributed by atoms with Crippen LogP contribution in [0.4, 0.5) is 14.9 Å². The Balaban J connectivity index is 1.31. The van der Waals surface area contributed by atoms with Crippen molar-refractivity contribution in [3.05, 3.63) is 66.2 Å². The third-order valence-corrected chi connectivity index (χ3v) is 5.52. The molecule has 0 bridgehead atoms. The number of amides is 2. The number of ether oxygens (including phenoxy) is 1. The van der Waals surface area contributed by atoms with Crippen LogP contribution in [0.1, 0.15) is 18.9 Å². The highest BCUT2D eigenvalue weighted by molar-refractivity contribution is 5.90. The highest BCUT2D eigenvalue weighted by Gasteiger charge is 2.32. The predicted molar refractivity (Wildman–Crippen MR) is 124 cm³/mol. The van der Waals surface area contributed by atoms with Gasteiger partial charge in [0.15, 0.2) is 0 Å². The van der Waals surface area contributed by atoms with Gasteiger partial charge in [0.1, 0.15) is 11.9 Å². The molecule has 2 heterocycles. The maximum atomic E-state index is 14.9. The van der Waals surface area contributed by atoms with Crippen LogP contribution >= 0.6 is 0 Å². The van der Waals surface area contributed by atoms with Crippen LogP contribution in [0.3, 0.4) is 0 Å². The molecule has 178 valence electrons. The van der Waals surface area contributed by atoms with Crippen molar-refractivity contribution in [2.45, 2.75) is 32.5 Å².